The Morgan fingerprint density at radius 1 is 1.38 bits per heavy atom. The van der Waals surface area contributed by atoms with E-state index < -0.39 is 4.92 Å². The van der Waals surface area contributed by atoms with E-state index in [-0.39, 0.29) is 5.69 Å². The normalized spacial score (nSPS) is 10.2. The monoisotopic (exact) mass is 288 g/mol. The van der Waals surface area contributed by atoms with Gasteiger partial charge >= 0.3 is 0 Å². The second-order valence-electron chi connectivity index (χ2n) is 4.36. The van der Waals surface area contributed by atoms with E-state index in [2.05, 4.69) is 15.3 Å². The minimum atomic E-state index is -0.460. The summed E-state index contributed by atoms with van der Waals surface area (Å²) in [6.07, 6.45) is 3.06. The van der Waals surface area contributed by atoms with Crippen molar-refractivity contribution in [3.8, 4) is 11.6 Å². The molecule has 110 valence electrons. The number of rotatable bonds is 6. The van der Waals surface area contributed by atoms with E-state index in [9.17, 15) is 10.1 Å². The van der Waals surface area contributed by atoms with E-state index in [0.29, 0.717) is 17.4 Å². The van der Waals surface area contributed by atoms with Gasteiger partial charge in [-0.25, -0.2) is 9.97 Å². The van der Waals surface area contributed by atoms with Crippen LogP contribution in [-0.2, 0) is 6.42 Å². The first-order valence-electron chi connectivity index (χ1n) is 6.59. The third-order valence-electron chi connectivity index (χ3n) is 2.89. The van der Waals surface area contributed by atoms with E-state index >= 15 is 0 Å². The topological polar surface area (TPSA) is 90.2 Å². The number of non-ortho nitro benzene ring substituents is 1. The van der Waals surface area contributed by atoms with Gasteiger partial charge in [-0.3, -0.25) is 10.1 Å². The molecule has 1 aromatic heterocycles. The van der Waals surface area contributed by atoms with Crippen molar-refractivity contribution in [2.24, 2.45) is 0 Å². The van der Waals surface area contributed by atoms with E-state index in [4.69, 9.17) is 4.74 Å². The van der Waals surface area contributed by atoms with Crippen molar-refractivity contribution in [1.29, 1.82) is 0 Å². The Bertz CT molecular complexity index is 646. The first-order valence-corrected chi connectivity index (χ1v) is 6.59. The lowest BCUT2D eigenvalue weighted by Crippen LogP contribution is -2.03. The number of hydrogen-bond donors (Lipinski definition) is 1. The van der Waals surface area contributed by atoms with Crippen LogP contribution >= 0.6 is 0 Å². The van der Waals surface area contributed by atoms with Gasteiger partial charge in [0.05, 0.1) is 16.6 Å². The molecule has 0 atom stereocenters. The third kappa shape index (κ3) is 3.44. The summed E-state index contributed by atoms with van der Waals surface area (Å²) in [5.74, 6) is 1.49. The molecule has 1 aromatic carbocycles. The Labute approximate surface area is 122 Å². The molecule has 0 saturated carbocycles. The molecule has 1 N–H and O–H groups in total. The molecule has 0 saturated heterocycles. The highest BCUT2D eigenvalue weighted by molar-refractivity contribution is 5.50. The Morgan fingerprint density at radius 2 is 2.19 bits per heavy atom. The van der Waals surface area contributed by atoms with Crippen molar-refractivity contribution in [1.82, 2.24) is 9.97 Å². The predicted molar refractivity (Wildman–Crippen MR) is 78.7 cm³/mol. The minimum Gasteiger partial charge on any atom is -0.438 e. The number of aromatic nitrogens is 2. The zero-order chi connectivity index (χ0) is 15.2. The van der Waals surface area contributed by atoms with Crippen LogP contribution < -0.4 is 10.1 Å². The zero-order valence-electron chi connectivity index (χ0n) is 11.9. The summed E-state index contributed by atoms with van der Waals surface area (Å²) in [5.41, 5.74) is 0.835. The van der Waals surface area contributed by atoms with Crippen LogP contribution in [0.2, 0.25) is 0 Å². The summed E-state index contributed by atoms with van der Waals surface area (Å²) >= 11 is 0. The van der Waals surface area contributed by atoms with Crippen LogP contribution in [0.4, 0.5) is 11.5 Å². The molecule has 2 rings (SSSR count). The molecule has 0 amide bonds. The maximum Gasteiger partial charge on any atom is 0.273 e. The molecule has 0 spiro atoms. The lowest BCUT2D eigenvalue weighted by atomic mass is 10.1. The lowest BCUT2D eigenvalue weighted by molar-refractivity contribution is -0.384. The van der Waals surface area contributed by atoms with Crippen LogP contribution in [0, 0.1) is 10.1 Å². The summed E-state index contributed by atoms with van der Waals surface area (Å²) in [6.45, 7) is 2.05. The van der Waals surface area contributed by atoms with Gasteiger partial charge in [0.1, 0.15) is 17.9 Å². The molecule has 0 unspecified atom stereocenters. The molecule has 0 bridgehead atoms. The largest absolute Gasteiger partial charge is 0.438 e. The number of nitrogens with zero attached hydrogens (tertiary/aromatic N) is 3. The maximum atomic E-state index is 10.8. The van der Waals surface area contributed by atoms with E-state index in [1.54, 1.807) is 19.2 Å². The number of ether oxygens (including phenoxy) is 1. The summed E-state index contributed by atoms with van der Waals surface area (Å²) in [7, 11) is 1.78. The van der Waals surface area contributed by atoms with Gasteiger partial charge in [0.15, 0.2) is 0 Å². The molecular weight excluding hydrogens is 272 g/mol. The second-order valence-corrected chi connectivity index (χ2v) is 4.36. The van der Waals surface area contributed by atoms with Crippen LogP contribution in [0.5, 0.6) is 11.6 Å². The van der Waals surface area contributed by atoms with Crippen molar-refractivity contribution in [2.45, 2.75) is 19.8 Å². The number of nitro groups is 1. The molecule has 0 aliphatic carbocycles. The molecule has 2 aromatic rings. The van der Waals surface area contributed by atoms with Gasteiger partial charge in [0.2, 0.25) is 5.88 Å². The summed E-state index contributed by atoms with van der Waals surface area (Å²) < 4.78 is 5.70. The number of hydrogen-bond acceptors (Lipinski definition) is 6. The molecule has 0 aliphatic rings. The average Bonchev–Trinajstić information content (AvgIpc) is 2.49. The highest BCUT2D eigenvalue weighted by Gasteiger charge is 2.13. The number of benzene rings is 1. The highest BCUT2D eigenvalue weighted by atomic mass is 16.6. The number of nitrogens with one attached hydrogen (secondary N) is 1. The van der Waals surface area contributed by atoms with Gasteiger partial charge in [-0.05, 0) is 12.5 Å². The Balaban J connectivity index is 2.34. The fraction of sp³-hybridized carbons (Fsp3) is 0.286. The Morgan fingerprint density at radius 3 is 2.86 bits per heavy atom. The molecule has 1 heterocycles. The van der Waals surface area contributed by atoms with Crippen molar-refractivity contribution in [2.75, 3.05) is 12.4 Å². The molecule has 0 radical (unpaired) electrons. The van der Waals surface area contributed by atoms with Crippen molar-refractivity contribution in [3.63, 3.8) is 0 Å². The van der Waals surface area contributed by atoms with Crippen LogP contribution in [0.1, 0.15) is 18.9 Å². The van der Waals surface area contributed by atoms with Gasteiger partial charge in [-0.1, -0.05) is 19.4 Å². The fourth-order valence-corrected chi connectivity index (χ4v) is 1.95. The fourth-order valence-electron chi connectivity index (χ4n) is 1.95. The van der Waals surface area contributed by atoms with Gasteiger partial charge < -0.3 is 10.1 Å². The van der Waals surface area contributed by atoms with E-state index in [1.165, 1.54) is 18.5 Å². The Hall–Kier alpha value is -2.70. The summed E-state index contributed by atoms with van der Waals surface area (Å²) in [4.78, 5) is 18.6. The van der Waals surface area contributed by atoms with Crippen molar-refractivity contribution < 1.29 is 9.66 Å². The molecular formula is C14H16N4O3. The zero-order valence-corrected chi connectivity index (χ0v) is 11.9. The third-order valence-corrected chi connectivity index (χ3v) is 2.89. The first-order chi connectivity index (χ1) is 10.2. The first kappa shape index (κ1) is 14.7. The molecule has 0 fully saturated rings. The van der Waals surface area contributed by atoms with Gasteiger partial charge in [-0.2, -0.15) is 0 Å². The average molecular weight is 288 g/mol. The van der Waals surface area contributed by atoms with Crippen LogP contribution in [-0.4, -0.2) is 21.9 Å². The van der Waals surface area contributed by atoms with Gasteiger partial charge in [0.25, 0.3) is 5.69 Å². The second kappa shape index (κ2) is 6.65. The Kier molecular flexibility index (Phi) is 4.65. The van der Waals surface area contributed by atoms with E-state index in [0.717, 1.165) is 18.4 Å². The molecule has 7 nitrogen and oxygen atoms in total. The predicted octanol–water partition coefficient (Wildman–Crippen LogP) is 3.17. The lowest BCUT2D eigenvalue weighted by Gasteiger charge is -2.12. The molecule has 0 aliphatic heterocycles. The van der Waals surface area contributed by atoms with Gasteiger partial charge in [0, 0.05) is 13.1 Å². The number of nitro benzene ring substituents is 1. The summed E-state index contributed by atoms with van der Waals surface area (Å²) in [6, 6.07) is 6.02. The van der Waals surface area contributed by atoms with Crippen molar-refractivity contribution >= 4 is 11.5 Å². The van der Waals surface area contributed by atoms with Gasteiger partial charge in [-0.15, -0.1) is 0 Å². The molecule has 7 heteroatoms. The van der Waals surface area contributed by atoms with Crippen LogP contribution in [0.3, 0.4) is 0 Å². The van der Waals surface area contributed by atoms with E-state index in [1.807, 2.05) is 6.92 Å². The smallest absolute Gasteiger partial charge is 0.273 e. The SMILES string of the molecule is CCCc1c(NC)ncnc1Oc1cccc([N+](=O)[O-])c1. The number of anilines is 1. The summed E-state index contributed by atoms with van der Waals surface area (Å²) in [5, 5.41) is 13.8. The van der Waals surface area contributed by atoms with Crippen LogP contribution in [0.25, 0.3) is 0 Å². The quantitative estimate of drug-likeness (QED) is 0.648. The molecule has 21 heavy (non-hydrogen) atoms. The maximum absolute atomic E-state index is 10.8. The standard InChI is InChI=1S/C14H16N4O3/c1-3-5-12-13(15-2)16-9-17-14(12)21-11-7-4-6-10(8-11)18(19)20/h4,6-9H,3,5H2,1-2H3,(H,15,16,17). The minimum absolute atomic E-state index is 0.0209. The van der Waals surface area contributed by atoms with Crippen molar-refractivity contribution in [3.05, 3.63) is 46.3 Å². The highest BCUT2D eigenvalue weighted by Crippen LogP contribution is 2.29. The van der Waals surface area contributed by atoms with Crippen LogP contribution in [0.15, 0.2) is 30.6 Å².